The number of methoxy groups -OCH3 is 1. The van der Waals surface area contributed by atoms with Crippen LogP contribution < -0.4 is 15.2 Å². The molecule has 4 heteroatoms. The molecule has 1 aromatic carbocycles. The highest BCUT2D eigenvalue weighted by Gasteiger charge is 2.00. The van der Waals surface area contributed by atoms with Crippen LogP contribution in [0.1, 0.15) is 13.3 Å². The largest absolute Gasteiger partial charge is 0.494 e. The van der Waals surface area contributed by atoms with Crippen LogP contribution in [0.4, 0.5) is 5.69 Å². The van der Waals surface area contributed by atoms with Crippen molar-refractivity contribution in [2.75, 3.05) is 32.7 Å². The van der Waals surface area contributed by atoms with Gasteiger partial charge in [-0.3, -0.25) is 0 Å². The first-order valence-corrected chi connectivity index (χ1v) is 5.41. The first kappa shape index (κ1) is 12.6. The van der Waals surface area contributed by atoms with Crippen molar-refractivity contribution in [2.45, 2.75) is 13.3 Å². The molecule has 0 aliphatic carbocycles. The minimum Gasteiger partial charge on any atom is -0.494 e. The molecule has 0 unspecified atom stereocenters. The number of rotatable bonds is 7. The van der Waals surface area contributed by atoms with E-state index in [0.717, 1.165) is 17.9 Å². The van der Waals surface area contributed by atoms with Crippen LogP contribution in [0, 0.1) is 0 Å². The van der Waals surface area contributed by atoms with Gasteiger partial charge in [0.25, 0.3) is 0 Å². The Morgan fingerprint density at radius 3 is 2.38 bits per heavy atom. The Morgan fingerprint density at radius 2 is 1.75 bits per heavy atom. The van der Waals surface area contributed by atoms with Gasteiger partial charge in [0.1, 0.15) is 11.5 Å². The van der Waals surface area contributed by atoms with Gasteiger partial charge in [-0.05, 0) is 6.92 Å². The summed E-state index contributed by atoms with van der Waals surface area (Å²) in [7, 11) is 1.67. The summed E-state index contributed by atoms with van der Waals surface area (Å²) < 4.78 is 15.8. The van der Waals surface area contributed by atoms with Gasteiger partial charge in [0.15, 0.2) is 0 Å². The van der Waals surface area contributed by atoms with E-state index >= 15 is 0 Å². The van der Waals surface area contributed by atoms with Crippen LogP contribution in [0.2, 0.25) is 0 Å². The second-order valence-electron chi connectivity index (χ2n) is 3.37. The highest BCUT2D eigenvalue weighted by atomic mass is 16.5. The number of nitrogens with two attached hydrogens (primary N) is 1. The van der Waals surface area contributed by atoms with Gasteiger partial charge in [0.05, 0.1) is 13.2 Å². The number of benzene rings is 1. The molecular formula is C12H19NO3. The van der Waals surface area contributed by atoms with Gasteiger partial charge in [0.2, 0.25) is 0 Å². The Kier molecular flexibility index (Phi) is 5.50. The van der Waals surface area contributed by atoms with E-state index in [2.05, 4.69) is 0 Å². The van der Waals surface area contributed by atoms with Gasteiger partial charge >= 0.3 is 0 Å². The maximum atomic E-state index is 5.74. The molecule has 0 fully saturated rings. The van der Waals surface area contributed by atoms with Crippen molar-refractivity contribution in [1.82, 2.24) is 0 Å². The van der Waals surface area contributed by atoms with E-state index in [4.69, 9.17) is 19.9 Å². The molecule has 0 saturated heterocycles. The smallest absolute Gasteiger partial charge is 0.125 e. The summed E-state index contributed by atoms with van der Waals surface area (Å²) in [4.78, 5) is 0. The van der Waals surface area contributed by atoms with E-state index in [0.29, 0.717) is 25.5 Å². The van der Waals surface area contributed by atoms with E-state index in [9.17, 15) is 0 Å². The monoisotopic (exact) mass is 225 g/mol. The van der Waals surface area contributed by atoms with Crippen LogP contribution in [0.15, 0.2) is 18.2 Å². The van der Waals surface area contributed by atoms with Crippen molar-refractivity contribution in [2.24, 2.45) is 0 Å². The molecule has 0 radical (unpaired) electrons. The summed E-state index contributed by atoms with van der Waals surface area (Å²) in [6.45, 7) is 3.86. The number of nitrogen functional groups attached to an aromatic ring is 1. The third-order valence-corrected chi connectivity index (χ3v) is 1.97. The van der Waals surface area contributed by atoms with Gasteiger partial charge in [-0.15, -0.1) is 0 Å². The number of hydrogen-bond acceptors (Lipinski definition) is 4. The van der Waals surface area contributed by atoms with Crippen molar-refractivity contribution in [3.63, 3.8) is 0 Å². The summed E-state index contributed by atoms with van der Waals surface area (Å²) in [5, 5.41) is 0. The lowest BCUT2D eigenvalue weighted by atomic mass is 10.3. The SMILES string of the molecule is CCOc1cc(N)cc(OCCCOC)c1. The highest BCUT2D eigenvalue weighted by molar-refractivity contribution is 5.50. The van der Waals surface area contributed by atoms with Gasteiger partial charge in [-0.2, -0.15) is 0 Å². The van der Waals surface area contributed by atoms with E-state index < -0.39 is 0 Å². The van der Waals surface area contributed by atoms with Crippen LogP contribution in [0.25, 0.3) is 0 Å². The van der Waals surface area contributed by atoms with Crippen molar-refractivity contribution in [1.29, 1.82) is 0 Å². The zero-order valence-electron chi connectivity index (χ0n) is 9.86. The van der Waals surface area contributed by atoms with Gasteiger partial charge in [0, 0.05) is 44.0 Å². The number of anilines is 1. The fraction of sp³-hybridized carbons (Fsp3) is 0.500. The van der Waals surface area contributed by atoms with Crippen LogP contribution in [0.5, 0.6) is 11.5 Å². The molecule has 0 aliphatic rings. The molecule has 1 aromatic rings. The molecule has 0 spiro atoms. The summed E-state index contributed by atoms with van der Waals surface area (Å²) in [6, 6.07) is 5.41. The fourth-order valence-corrected chi connectivity index (χ4v) is 1.32. The summed E-state index contributed by atoms with van der Waals surface area (Å²) >= 11 is 0. The molecule has 0 aromatic heterocycles. The average molecular weight is 225 g/mol. The molecule has 0 aliphatic heterocycles. The second-order valence-corrected chi connectivity index (χ2v) is 3.37. The molecule has 90 valence electrons. The topological polar surface area (TPSA) is 53.7 Å². The maximum Gasteiger partial charge on any atom is 0.125 e. The third-order valence-electron chi connectivity index (χ3n) is 1.97. The van der Waals surface area contributed by atoms with Crippen molar-refractivity contribution < 1.29 is 14.2 Å². The molecule has 0 atom stereocenters. The van der Waals surface area contributed by atoms with Gasteiger partial charge < -0.3 is 19.9 Å². The van der Waals surface area contributed by atoms with E-state index in [1.54, 1.807) is 19.2 Å². The molecule has 1 rings (SSSR count). The Balaban J connectivity index is 2.51. The van der Waals surface area contributed by atoms with E-state index in [1.165, 1.54) is 0 Å². The molecule has 0 heterocycles. The zero-order valence-corrected chi connectivity index (χ0v) is 9.86. The Labute approximate surface area is 96.3 Å². The third kappa shape index (κ3) is 4.40. The molecule has 16 heavy (non-hydrogen) atoms. The molecule has 0 saturated carbocycles. The molecule has 0 amide bonds. The van der Waals surface area contributed by atoms with Crippen molar-refractivity contribution >= 4 is 5.69 Å². The van der Waals surface area contributed by atoms with Gasteiger partial charge in [-0.25, -0.2) is 0 Å². The fourth-order valence-electron chi connectivity index (χ4n) is 1.32. The lowest BCUT2D eigenvalue weighted by molar-refractivity contribution is 0.172. The molecular weight excluding hydrogens is 206 g/mol. The Hall–Kier alpha value is -1.42. The van der Waals surface area contributed by atoms with E-state index in [-0.39, 0.29) is 0 Å². The quantitative estimate of drug-likeness (QED) is 0.570. The van der Waals surface area contributed by atoms with Gasteiger partial charge in [-0.1, -0.05) is 0 Å². The first-order chi connectivity index (χ1) is 7.76. The normalized spacial score (nSPS) is 10.1. The maximum absolute atomic E-state index is 5.74. The second kappa shape index (κ2) is 6.95. The minimum absolute atomic E-state index is 0.614. The van der Waals surface area contributed by atoms with Crippen molar-refractivity contribution in [3.8, 4) is 11.5 Å². The standard InChI is InChI=1S/C12H19NO3/c1-3-15-11-7-10(13)8-12(9-11)16-6-4-5-14-2/h7-9H,3-6,13H2,1-2H3. The molecule has 2 N–H and O–H groups in total. The number of hydrogen-bond donors (Lipinski definition) is 1. The predicted octanol–water partition coefficient (Wildman–Crippen LogP) is 2.08. The van der Waals surface area contributed by atoms with E-state index in [1.807, 2.05) is 13.0 Å². The van der Waals surface area contributed by atoms with Crippen molar-refractivity contribution in [3.05, 3.63) is 18.2 Å². The summed E-state index contributed by atoms with van der Waals surface area (Å²) in [6.07, 6.45) is 0.856. The molecule has 0 bridgehead atoms. The Morgan fingerprint density at radius 1 is 1.06 bits per heavy atom. The highest BCUT2D eigenvalue weighted by Crippen LogP contribution is 2.24. The first-order valence-electron chi connectivity index (χ1n) is 5.41. The van der Waals surface area contributed by atoms with Crippen LogP contribution in [-0.2, 0) is 4.74 Å². The van der Waals surface area contributed by atoms with Crippen LogP contribution >= 0.6 is 0 Å². The molecule has 4 nitrogen and oxygen atoms in total. The summed E-state index contributed by atoms with van der Waals surface area (Å²) in [5.41, 5.74) is 6.38. The summed E-state index contributed by atoms with van der Waals surface area (Å²) in [5.74, 6) is 1.48. The number of ether oxygens (including phenoxy) is 3. The lowest BCUT2D eigenvalue weighted by Crippen LogP contribution is -2.02. The van der Waals surface area contributed by atoms with Crippen LogP contribution in [0.3, 0.4) is 0 Å². The predicted molar refractivity (Wildman–Crippen MR) is 64.0 cm³/mol. The minimum atomic E-state index is 0.614. The van der Waals surface area contributed by atoms with Crippen LogP contribution in [-0.4, -0.2) is 26.9 Å². The average Bonchev–Trinajstić information content (AvgIpc) is 2.24. The lowest BCUT2D eigenvalue weighted by Gasteiger charge is -2.09. The Bertz CT molecular complexity index is 315. The zero-order chi connectivity index (χ0) is 11.8.